The zero-order valence-electron chi connectivity index (χ0n) is 12.5. The molecule has 0 aliphatic carbocycles. The zero-order valence-corrected chi connectivity index (χ0v) is 14.1. The Hall–Kier alpha value is -0.660. The second-order valence-corrected chi connectivity index (χ2v) is 7.34. The first-order valence-corrected chi connectivity index (χ1v) is 8.62. The van der Waals surface area contributed by atoms with Crippen molar-refractivity contribution in [3.63, 3.8) is 0 Å². The van der Waals surface area contributed by atoms with Gasteiger partial charge in [-0.3, -0.25) is 4.79 Å². The van der Waals surface area contributed by atoms with E-state index in [1.54, 1.807) is 17.3 Å². The first-order chi connectivity index (χ1) is 9.51. The Labute approximate surface area is 128 Å². The highest BCUT2D eigenvalue weighted by Gasteiger charge is 2.35. The van der Waals surface area contributed by atoms with E-state index in [2.05, 4.69) is 29.4 Å². The highest BCUT2D eigenvalue weighted by atomic mass is 32.2. The van der Waals surface area contributed by atoms with E-state index in [1.807, 2.05) is 13.8 Å². The molecule has 1 heterocycles. The largest absolute Gasteiger partial charge is 0.465 e. The van der Waals surface area contributed by atoms with Gasteiger partial charge in [0.15, 0.2) is 4.34 Å². The van der Waals surface area contributed by atoms with Crippen LogP contribution in [0, 0.1) is 0 Å². The predicted molar refractivity (Wildman–Crippen MR) is 83.2 cm³/mol. The van der Waals surface area contributed by atoms with Crippen LogP contribution in [0.1, 0.15) is 40.5 Å². The van der Waals surface area contributed by atoms with Gasteiger partial charge in [0.2, 0.25) is 0 Å². The van der Waals surface area contributed by atoms with Gasteiger partial charge in [0.05, 0.1) is 6.61 Å². The number of ether oxygens (including phenoxy) is 1. The summed E-state index contributed by atoms with van der Waals surface area (Å²) in [6, 6.07) is 0. The van der Waals surface area contributed by atoms with Crippen LogP contribution < -0.4 is 5.32 Å². The summed E-state index contributed by atoms with van der Waals surface area (Å²) in [6.45, 7) is 9.12. The number of carbonyl (C=O) groups excluding carboxylic acids is 1. The summed E-state index contributed by atoms with van der Waals surface area (Å²) in [5.74, 6) is -0.182. The molecule has 20 heavy (non-hydrogen) atoms. The van der Waals surface area contributed by atoms with Gasteiger partial charge in [0.25, 0.3) is 0 Å². The Morgan fingerprint density at radius 1 is 1.60 bits per heavy atom. The van der Waals surface area contributed by atoms with Crippen molar-refractivity contribution >= 4 is 29.1 Å². The summed E-state index contributed by atoms with van der Waals surface area (Å²) in [5, 5.41) is 11.4. The van der Waals surface area contributed by atoms with E-state index >= 15 is 0 Å². The molecule has 0 saturated heterocycles. The topological polar surface area (TPSA) is 64.1 Å². The molecular formula is C13H23N3O2S2. The average molecular weight is 317 g/mol. The van der Waals surface area contributed by atoms with Gasteiger partial charge in [-0.1, -0.05) is 36.9 Å². The lowest BCUT2D eigenvalue weighted by Gasteiger charge is -2.30. The van der Waals surface area contributed by atoms with Crippen molar-refractivity contribution in [3.05, 3.63) is 5.51 Å². The Morgan fingerprint density at radius 2 is 2.35 bits per heavy atom. The summed E-state index contributed by atoms with van der Waals surface area (Å²) < 4.78 is 6.13. The Bertz CT molecular complexity index is 400. The van der Waals surface area contributed by atoms with Gasteiger partial charge in [-0.05, 0) is 33.2 Å². The lowest BCUT2D eigenvalue weighted by atomic mass is 9.96. The lowest BCUT2D eigenvalue weighted by Crippen LogP contribution is -2.52. The fourth-order valence-corrected chi connectivity index (χ4v) is 3.90. The van der Waals surface area contributed by atoms with E-state index in [4.69, 9.17) is 4.74 Å². The van der Waals surface area contributed by atoms with E-state index in [0.29, 0.717) is 13.0 Å². The number of nitrogens with zero attached hydrogens (tertiary/aromatic N) is 2. The molecule has 1 N–H and O–H groups in total. The molecule has 0 radical (unpaired) electrons. The fourth-order valence-electron chi connectivity index (χ4n) is 1.92. The van der Waals surface area contributed by atoms with Crippen LogP contribution in [0.25, 0.3) is 0 Å². The first kappa shape index (κ1) is 17.4. The van der Waals surface area contributed by atoms with E-state index in [0.717, 1.165) is 17.3 Å². The fraction of sp³-hybridized carbons (Fsp3) is 0.769. The molecule has 114 valence electrons. The highest BCUT2D eigenvalue weighted by Crippen LogP contribution is 2.30. The van der Waals surface area contributed by atoms with Crippen molar-refractivity contribution in [1.29, 1.82) is 0 Å². The molecule has 2 atom stereocenters. The summed E-state index contributed by atoms with van der Waals surface area (Å²) >= 11 is 3.16. The molecule has 0 amide bonds. The summed E-state index contributed by atoms with van der Waals surface area (Å²) in [4.78, 5) is 12.2. The van der Waals surface area contributed by atoms with Crippen LogP contribution in [0.2, 0.25) is 0 Å². The van der Waals surface area contributed by atoms with Gasteiger partial charge in [-0.15, -0.1) is 10.2 Å². The van der Waals surface area contributed by atoms with E-state index < -0.39 is 5.54 Å². The third-order valence-corrected chi connectivity index (χ3v) is 4.74. The lowest BCUT2D eigenvalue weighted by molar-refractivity contribution is -0.150. The van der Waals surface area contributed by atoms with Gasteiger partial charge in [0.1, 0.15) is 11.0 Å². The number of aromatic nitrogens is 2. The van der Waals surface area contributed by atoms with Crippen LogP contribution in [0.4, 0.5) is 0 Å². The third kappa shape index (κ3) is 5.38. The minimum atomic E-state index is -0.650. The summed E-state index contributed by atoms with van der Waals surface area (Å²) in [6.07, 6.45) is 1.67. The molecule has 0 fully saturated rings. The Kier molecular flexibility index (Phi) is 7.47. The van der Waals surface area contributed by atoms with Gasteiger partial charge < -0.3 is 10.1 Å². The summed E-state index contributed by atoms with van der Waals surface area (Å²) in [5.41, 5.74) is 1.07. The first-order valence-electron chi connectivity index (χ1n) is 6.87. The normalized spacial score (nSPS) is 15.6. The van der Waals surface area contributed by atoms with Crippen molar-refractivity contribution < 1.29 is 9.53 Å². The van der Waals surface area contributed by atoms with Crippen LogP contribution in [0.5, 0.6) is 0 Å². The van der Waals surface area contributed by atoms with Crippen molar-refractivity contribution in [2.75, 3.05) is 13.2 Å². The van der Waals surface area contributed by atoms with Crippen LogP contribution in [0.15, 0.2) is 9.85 Å². The van der Waals surface area contributed by atoms with Crippen LogP contribution in [0.3, 0.4) is 0 Å². The number of rotatable bonds is 9. The molecule has 0 aliphatic rings. The number of carbonyl (C=O) groups is 1. The third-order valence-electron chi connectivity index (χ3n) is 2.83. The molecule has 0 spiro atoms. The minimum Gasteiger partial charge on any atom is -0.465 e. The van der Waals surface area contributed by atoms with E-state index in [9.17, 15) is 4.79 Å². The van der Waals surface area contributed by atoms with Crippen LogP contribution >= 0.6 is 23.1 Å². The number of esters is 1. The van der Waals surface area contributed by atoms with Gasteiger partial charge in [-0.2, -0.15) is 0 Å². The zero-order chi connectivity index (χ0) is 15.0. The number of thioether (sulfide) groups is 1. The molecule has 5 nitrogen and oxygen atoms in total. The van der Waals surface area contributed by atoms with Crippen LogP contribution in [-0.2, 0) is 9.53 Å². The van der Waals surface area contributed by atoms with Crippen molar-refractivity contribution in [3.8, 4) is 0 Å². The Morgan fingerprint density at radius 3 is 2.90 bits per heavy atom. The van der Waals surface area contributed by atoms with Crippen molar-refractivity contribution in [2.45, 2.75) is 55.7 Å². The maximum absolute atomic E-state index is 12.2. The quantitative estimate of drug-likeness (QED) is 0.558. The molecule has 2 unspecified atom stereocenters. The molecule has 0 aromatic carbocycles. The van der Waals surface area contributed by atoms with Gasteiger partial charge >= 0.3 is 5.97 Å². The second-order valence-electron chi connectivity index (χ2n) is 4.82. The van der Waals surface area contributed by atoms with Crippen molar-refractivity contribution in [2.24, 2.45) is 0 Å². The molecule has 0 aliphatic heterocycles. The second kappa shape index (κ2) is 8.59. The van der Waals surface area contributed by atoms with Gasteiger partial charge in [0, 0.05) is 5.25 Å². The number of hydrogen-bond acceptors (Lipinski definition) is 7. The maximum atomic E-state index is 12.2. The molecular weight excluding hydrogens is 294 g/mol. The SMILES string of the molecule is CCCNC(C)(CC(C)Sc1nncs1)C(=O)OCC. The highest BCUT2D eigenvalue weighted by molar-refractivity contribution is 8.01. The molecule has 1 aromatic rings. The van der Waals surface area contributed by atoms with E-state index in [1.165, 1.54) is 11.3 Å². The smallest absolute Gasteiger partial charge is 0.326 e. The molecule has 7 heteroatoms. The number of nitrogens with one attached hydrogen (secondary N) is 1. The molecule has 1 aromatic heterocycles. The average Bonchev–Trinajstić information content (AvgIpc) is 2.89. The number of hydrogen-bond donors (Lipinski definition) is 1. The molecule has 0 saturated carbocycles. The Balaban J connectivity index is 2.64. The molecule has 0 bridgehead atoms. The maximum Gasteiger partial charge on any atom is 0.326 e. The minimum absolute atomic E-state index is 0.182. The summed E-state index contributed by atoms with van der Waals surface area (Å²) in [7, 11) is 0. The molecule has 1 rings (SSSR count). The van der Waals surface area contributed by atoms with E-state index in [-0.39, 0.29) is 11.2 Å². The monoisotopic (exact) mass is 317 g/mol. The standard InChI is InChI=1S/C13H23N3O2S2/c1-5-7-14-13(4,11(17)18-6-2)8-10(3)20-12-16-15-9-19-12/h9-10,14H,5-8H2,1-4H3. The van der Waals surface area contributed by atoms with Crippen molar-refractivity contribution in [1.82, 2.24) is 15.5 Å². The van der Waals surface area contributed by atoms with Crippen LogP contribution in [-0.4, -0.2) is 40.1 Å². The van der Waals surface area contributed by atoms with Gasteiger partial charge in [-0.25, -0.2) is 0 Å². The predicted octanol–water partition coefficient (Wildman–Crippen LogP) is 2.73.